The average Bonchev–Trinajstić information content (AvgIpc) is 3.45. The molecule has 3 aromatic rings. The monoisotopic (exact) mass is 328 g/mol. The van der Waals surface area contributed by atoms with Gasteiger partial charge >= 0.3 is 5.97 Å². The lowest BCUT2D eigenvalue weighted by molar-refractivity contribution is -0.146. The van der Waals surface area contributed by atoms with Crippen molar-refractivity contribution in [2.24, 2.45) is 5.92 Å². The van der Waals surface area contributed by atoms with Crippen LogP contribution in [0, 0.1) is 5.92 Å². The Bertz CT molecular complexity index is 802. The number of carbonyl (C=O) groups is 1. The molecule has 0 heterocycles. The Hall–Kier alpha value is -2.87. The predicted molar refractivity (Wildman–Crippen MR) is 98.0 cm³/mol. The largest absolute Gasteiger partial charge is 0.461 e. The number of benzene rings is 3. The maximum Gasteiger partial charge on any atom is 0.310 e. The van der Waals surface area contributed by atoms with Crippen molar-refractivity contribution in [2.75, 3.05) is 0 Å². The number of hydrogen-bond acceptors (Lipinski definition) is 2. The molecule has 0 radical (unpaired) electrons. The minimum Gasteiger partial charge on any atom is -0.461 e. The van der Waals surface area contributed by atoms with Crippen molar-refractivity contribution in [3.05, 3.63) is 108 Å². The highest BCUT2D eigenvalue weighted by atomic mass is 16.5. The second-order valence-corrected chi connectivity index (χ2v) is 6.55. The van der Waals surface area contributed by atoms with Gasteiger partial charge in [0.2, 0.25) is 0 Å². The molecule has 0 aliphatic heterocycles. The molecule has 4 rings (SSSR count). The summed E-state index contributed by atoms with van der Waals surface area (Å²) in [4.78, 5) is 12.7. The molecular weight excluding hydrogens is 308 g/mol. The van der Waals surface area contributed by atoms with Gasteiger partial charge in [-0.3, -0.25) is 4.79 Å². The van der Waals surface area contributed by atoms with Crippen LogP contribution >= 0.6 is 0 Å². The first-order chi connectivity index (χ1) is 12.3. The highest BCUT2D eigenvalue weighted by Gasteiger charge is 2.61. The first-order valence-corrected chi connectivity index (χ1v) is 8.62. The van der Waals surface area contributed by atoms with Gasteiger partial charge < -0.3 is 4.74 Å². The third-order valence-electron chi connectivity index (χ3n) is 5.05. The summed E-state index contributed by atoms with van der Waals surface area (Å²) in [5.74, 6) is -0.238. The normalized spacial score (nSPS) is 17.7. The van der Waals surface area contributed by atoms with Gasteiger partial charge in [-0.25, -0.2) is 0 Å². The maximum atomic E-state index is 12.7. The van der Waals surface area contributed by atoms with Crippen molar-refractivity contribution in [1.82, 2.24) is 0 Å². The molecule has 0 N–H and O–H groups in total. The summed E-state index contributed by atoms with van der Waals surface area (Å²) in [6, 6.07) is 30.4. The van der Waals surface area contributed by atoms with E-state index in [0.29, 0.717) is 6.61 Å². The maximum absolute atomic E-state index is 12.7. The van der Waals surface area contributed by atoms with Crippen LogP contribution in [0.3, 0.4) is 0 Å². The molecule has 1 aliphatic rings. The van der Waals surface area contributed by atoms with Crippen LogP contribution in [-0.4, -0.2) is 5.97 Å². The van der Waals surface area contributed by atoms with Crippen molar-refractivity contribution < 1.29 is 9.53 Å². The second-order valence-electron chi connectivity index (χ2n) is 6.55. The van der Waals surface area contributed by atoms with Crippen molar-refractivity contribution in [3.63, 3.8) is 0 Å². The lowest BCUT2D eigenvalue weighted by Crippen LogP contribution is -2.18. The number of ether oxygens (including phenoxy) is 1. The van der Waals surface area contributed by atoms with E-state index in [2.05, 4.69) is 24.3 Å². The Morgan fingerprint density at radius 3 is 1.80 bits per heavy atom. The molecule has 3 aromatic carbocycles. The van der Waals surface area contributed by atoms with Crippen LogP contribution in [0.2, 0.25) is 0 Å². The van der Waals surface area contributed by atoms with Crippen LogP contribution in [0.25, 0.3) is 0 Å². The third kappa shape index (κ3) is 2.96. The van der Waals surface area contributed by atoms with Gasteiger partial charge in [-0.05, 0) is 23.1 Å². The number of rotatable bonds is 5. The van der Waals surface area contributed by atoms with E-state index in [0.717, 1.165) is 12.0 Å². The summed E-state index contributed by atoms with van der Waals surface area (Å²) in [6.07, 6.45) is 0.800. The van der Waals surface area contributed by atoms with Crippen LogP contribution in [-0.2, 0) is 21.6 Å². The van der Waals surface area contributed by atoms with Crippen LogP contribution in [0.4, 0.5) is 0 Å². The van der Waals surface area contributed by atoms with E-state index in [9.17, 15) is 4.79 Å². The van der Waals surface area contributed by atoms with Crippen molar-refractivity contribution in [2.45, 2.75) is 18.4 Å². The fourth-order valence-corrected chi connectivity index (χ4v) is 3.65. The van der Waals surface area contributed by atoms with Gasteiger partial charge in [0.15, 0.2) is 0 Å². The Morgan fingerprint density at radius 2 is 1.28 bits per heavy atom. The van der Waals surface area contributed by atoms with Crippen LogP contribution in [0.5, 0.6) is 0 Å². The first-order valence-electron chi connectivity index (χ1n) is 8.62. The topological polar surface area (TPSA) is 26.3 Å². The van der Waals surface area contributed by atoms with Gasteiger partial charge in [0, 0.05) is 5.41 Å². The smallest absolute Gasteiger partial charge is 0.310 e. The predicted octanol–water partition coefficient (Wildman–Crippen LogP) is 4.74. The molecule has 0 amide bonds. The SMILES string of the molecule is O=C(OCc1ccccc1)[C@@H]1CC1(c1ccccc1)c1ccccc1. The minimum atomic E-state index is -0.254. The van der Waals surface area contributed by atoms with E-state index in [1.165, 1.54) is 11.1 Å². The summed E-state index contributed by atoms with van der Waals surface area (Å²) in [5, 5.41) is 0. The van der Waals surface area contributed by atoms with Gasteiger partial charge in [-0.15, -0.1) is 0 Å². The zero-order valence-electron chi connectivity index (χ0n) is 14.0. The van der Waals surface area contributed by atoms with Crippen molar-refractivity contribution in [3.8, 4) is 0 Å². The summed E-state index contributed by atoms with van der Waals surface area (Å²) < 4.78 is 5.61. The Balaban J connectivity index is 1.57. The first kappa shape index (κ1) is 15.6. The molecular formula is C23H20O2. The number of esters is 1. The molecule has 2 heteroatoms. The van der Waals surface area contributed by atoms with E-state index in [-0.39, 0.29) is 17.3 Å². The van der Waals surface area contributed by atoms with Gasteiger partial charge in [0.1, 0.15) is 6.61 Å². The Kier molecular flexibility index (Phi) is 4.10. The summed E-state index contributed by atoms with van der Waals surface area (Å²) >= 11 is 0. The quantitative estimate of drug-likeness (QED) is 0.633. The van der Waals surface area contributed by atoms with E-state index in [1.54, 1.807) is 0 Å². The molecule has 1 saturated carbocycles. The zero-order chi connectivity index (χ0) is 17.1. The standard InChI is InChI=1S/C23H20O2/c24-22(25-17-18-10-4-1-5-11-18)21-16-23(21,19-12-6-2-7-13-19)20-14-8-3-9-15-20/h1-15,21H,16-17H2/t21-/m0/s1. The molecule has 1 fully saturated rings. The van der Waals surface area contributed by atoms with E-state index in [4.69, 9.17) is 4.74 Å². The van der Waals surface area contributed by atoms with E-state index < -0.39 is 0 Å². The molecule has 0 saturated heterocycles. The summed E-state index contributed by atoms with van der Waals surface area (Å²) in [7, 11) is 0. The third-order valence-corrected chi connectivity index (χ3v) is 5.05. The molecule has 0 bridgehead atoms. The van der Waals surface area contributed by atoms with Crippen LogP contribution in [0.1, 0.15) is 23.1 Å². The molecule has 1 atom stereocenters. The zero-order valence-corrected chi connectivity index (χ0v) is 14.0. The minimum absolute atomic E-state index is 0.114. The second kappa shape index (κ2) is 6.56. The number of hydrogen-bond donors (Lipinski definition) is 0. The molecule has 0 spiro atoms. The Labute approximate surface area is 148 Å². The lowest BCUT2D eigenvalue weighted by Gasteiger charge is -2.18. The molecule has 0 aromatic heterocycles. The van der Waals surface area contributed by atoms with Gasteiger partial charge in [0.25, 0.3) is 0 Å². The molecule has 0 unspecified atom stereocenters. The highest BCUT2D eigenvalue weighted by molar-refractivity contribution is 5.81. The Morgan fingerprint density at radius 1 is 0.800 bits per heavy atom. The summed E-state index contributed by atoms with van der Waals surface area (Å²) in [5.41, 5.74) is 3.13. The molecule has 1 aliphatic carbocycles. The van der Waals surface area contributed by atoms with Crippen molar-refractivity contribution >= 4 is 5.97 Å². The molecule has 2 nitrogen and oxygen atoms in total. The van der Waals surface area contributed by atoms with Crippen LogP contribution in [0.15, 0.2) is 91.0 Å². The summed E-state index contributed by atoms with van der Waals surface area (Å²) in [6.45, 7) is 0.329. The fourth-order valence-electron chi connectivity index (χ4n) is 3.65. The van der Waals surface area contributed by atoms with Crippen LogP contribution < -0.4 is 0 Å². The molecule has 25 heavy (non-hydrogen) atoms. The van der Waals surface area contributed by atoms with E-state index in [1.807, 2.05) is 66.7 Å². The van der Waals surface area contributed by atoms with Gasteiger partial charge in [0.05, 0.1) is 5.92 Å². The highest BCUT2D eigenvalue weighted by Crippen LogP contribution is 2.59. The molecule has 124 valence electrons. The van der Waals surface area contributed by atoms with E-state index >= 15 is 0 Å². The number of carbonyl (C=O) groups excluding carboxylic acids is 1. The van der Waals surface area contributed by atoms with Gasteiger partial charge in [-0.1, -0.05) is 91.0 Å². The average molecular weight is 328 g/mol. The lowest BCUT2D eigenvalue weighted by atomic mass is 9.86. The fraction of sp³-hybridized carbons (Fsp3) is 0.174. The van der Waals surface area contributed by atoms with Crippen molar-refractivity contribution in [1.29, 1.82) is 0 Å². The van der Waals surface area contributed by atoms with Gasteiger partial charge in [-0.2, -0.15) is 0 Å².